The van der Waals surface area contributed by atoms with Crippen LogP contribution in [0.3, 0.4) is 0 Å². The minimum Gasteiger partial charge on any atom is -0.304 e. The molecule has 3 rings (SSSR count). The standard InChI is InChI=1S/C18H12ClN5O3S/c1-28-18-13(10-20)16(22-23(18)12-5-3-2-4-6-12)21-17(25)11-7-8-14(19)15(9-11)24(26)27/h2-9H,1H3,(H,21,22,25). The summed E-state index contributed by atoms with van der Waals surface area (Å²) in [7, 11) is 0. The molecule has 8 nitrogen and oxygen atoms in total. The first-order valence-electron chi connectivity index (χ1n) is 7.84. The third-order valence-electron chi connectivity index (χ3n) is 3.79. The van der Waals surface area contributed by atoms with Gasteiger partial charge in [0, 0.05) is 11.6 Å². The highest BCUT2D eigenvalue weighted by Crippen LogP contribution is 2.30. The van der Waals surface area contributed by atoms with Crippen molar-refractivity contribution >= 4 is 40.8 Å². The second-order valence-corrected chi connectivity index (χ2v) is 6.67. The Balaban J connectivity index is 2.00. The van der Waals surface area contributed by atoms with Crippen molar-refractivity contribution in [2.75, 3.05) is 11.6 Å². The van der Waals surface area contributed by atoms with Crippen LogP contribution in [0.15, 0.2) is 53.6 Å². The monoisotopic (exact) mass is 413 g/mol. The summed E-state index contributed by atoms with van der Waals surface area (Å²) in [6, 6.07) is 14.9. The van der Waals surface area contributed by atoms with Crippen molar-refractivity contribution in [2.45, 2.75) is 5.03 Å². The molecule has 140 valence electrons. The normalized spacial score (nSPS) is 10.3. The second-order valence-electron chi connectivity index (χ2n) is 5.47. The maximum Gasteiger partial charge on any atom is 0.288 e. The first-order chi connectivity index (χ1) is 13.5. The predicted octanol–water partition coefficient (Wildman–Crippen LogP) is 4.28. The van der Waals surface area contributed by atoms with E-state index in [-0.39, 0.29) is 27.7 Å². The molecule has 0 radical (unpaired) electrons. The van der Waals surface area contributed by atoms with Crippen molar-refractivity contribution in [1.82, 2.24) is 9.78 Å². The van der Waals surface area contributed by atoms with E-state index >= 15 is 0 Å². The Labute approximate surface area is 168 Å². The van der Waals surface area contributed by atoms with E-state index in [9.17, 15) is 20.2 Å². The van der Waals surface area contributed by atoms with Crippen LogP contribution in [0.25, 0.3) is 5.69 Å². The number of aromatic nitrogens is 2. The van der Waals surface area contributed by atoms with Crippen LogP contribution < -0.4 is 5.32 Å². The number of benzene rings is 2. The number of nitro groups is 1. The molecule has 0 spiro atoms. The van der Waals surface area contributed by atoms with Crippen LogP contribution in [0, 0.1) is 21.4 Å². The zero-order valence-electron chi connectivity index (χ0n) is 14.4. The van der Waals surface area contributed by atoms with Crippen LogP contribution in [-0.2, 0) is 0 Å². The Hall–Kier alpha value is -3.35. The number of hydrogen-bond acceptors (Lipinski definition) is 6. The molecule has 0 fully saturated rings. The van der Waals surface area contributed by atoms with E-state index in [1.54, 1.807) is 10.9 Å². The van der Waals surface area contributed by atoms with Gasteiger partial charge in [-0.2, -0.15) is 5.26 Å². The Bertz CT molecular complexity index is 1110. The van der Waals surface area contributed by atoms with Crippen LogP contribution >= 0.6 is 23.4 Å². The van der Waals surface area contributed by atoms with Crippen molar-refractivity contribution in [1.29, 1.82) is 5.26 Å². The van der Waals surface area contributed by atoms with Gasteiger partial charge in [0.05, 0.1) is 10.6 Å². The summed E-state index contributed by atoms with van der Waals surface area (Å²) in [5.41, 5.74) is 0.577. The van der Waals surface area contributed by atoms with Crippen molar-refractivity contribution in [3.63, 3.8) is 0 Å². The number of nitrogens with one attached hydrogen (secondary N) is 1. The van der Waals surface area contributed by atoms with Gasteiger partial charge in [0.15, 0.2) is 5.82 Å². The average molecular weight is 414 g/mol. The molecule has 3 aromatic rings. The van der Waals surface area contributed by atoms with Gasteiger partial charge in [-0.05, 0) is 30.5 Å². The van der Waals surface area contributed by atoms with E-state index in [0.29, 0.717) is 5.03 Å². The Morgan fingerprint density at radius 3 is 2.64 bits per heavy atom. The molecule has 1 aromatic heterocycles. The van der Waals surface area contributed by atoms with Gasteiger partial charge in [0.25, 0.3) is 11.6 Å². The minimum absolute atomic E-state index is 0.0277. The molecule has 10 heteroatoms. The molecule has 1 amide bonds. The number of carbonyl (C=O) groups excluding carboxylic acids is 1. The van der Waals surface area contributed by atoms with Gasteiger partial charge in [-0.25, -0.2) is 4.68 Å². The molecule has 1 N–H and O–H groups in total. The van der Waals surface area contributed by atoms with Gasteiger partial charge in [-0.15, -0.1) is 16.9 Å². The summed E-state index contributed by atoms with van der Waals surface area (Å²) < 4.78 is 1.56. The molecule has 28 heavy (non-hydrogen) atoms. The molecular weight excluding hydrogens is 402 g/mol. The summed E-state index contributed by atoms with van der Waals surface area (Å²) in [5.74, 6) is -0.570. The van der Waals surface area contributed by atoms with Gasteiger partial charge >= 0.3 is 0 Å². The molecule has 2 aromatic carbocycles. The SMILES string of the molecule is CSc1c(C#N)c(NC(=O)c2ccc(Cl)c([N+](=O)[O-])c2)nn1-c1ccccc1. The maximum atomic E-state index is 12.6. The van der Waals surface area contributed by atoms with Crippen LogP contribution in [0.1, 0.15) is 15.9 Å². The van der Waals surface area contributed by atoms with Crippen molar-refractivity contribution in [2.24, 2.45) is 0 Å². The number of thioether (sulfide) groups is 1. The number of rotatable bonds is 5. The van der Waals surface area contributed by atoms with Crippen molar-refractivity contribution in [3.8, 4) is 11.8 Å². The topological polar surface area (TPSA) is 114 Å². The fourth-order valence-corrected chi connectivity index (χ4v) is 3.35. The van der Waals surface area contributed by atoms with E-state index in [1.165, 1.54) is 23.9 Å². The second kappa shape index (κ2) is 8.12. The minimum atomic E-state index is -0.671. The molecule has 1 heterocycles. The third-order valence-corrected chi connectivity index (χ3v) is 4.87. The lowest BCUT2D eigenvalue weighted by Crippen LogP contribution is -2.13. The lowest BCUT2D eigenvalue weighted by Gasteiger charge is -2.04. The number of halogens is 1. The van der Waals surface area contributed by atoms with Crippen molar-refractivity contribution < 1.29 is 9.72 Å². The van der Waals surface area contributed by atoms with E-state index in [0.717, 1.165) is 11.8 Å². The Morgan fingerprint density at radius 2 is 2.04 bits per heavy atom. The summed E-state index contributed by atoms with van der Waals surface area (Å²) in [4.78, 5) is 22.9. The fourth-order valence-electron chi connectivity index (χ4n) is 2.50. The molecule has 0 unspecified atom stereocenters. The Morgan fingerprint density at radius 1 is 1.32 bits per heavy atom. The van der Waals surface area contributed by atoms with Crippen LogP contribution in [0.4, 0.5) is 11.5 Å². The number of nitriles is 1. The van der Waals surface area contributed by atoms with E-state index in [2.05, 4.69) is 16.5 Å². The summed E-state index contributed by atoms with van der Waals surface area (Å²) >= 11 is 7.09. The van der Waals surface area contributed by atoms with Crippen LogP contribution in [-0.4, -0.2) is 26.9 Å². The summed E-state index contributed by atoms with van der Waals surface area (Å²) in [6.07, 6.45) is 1.80. The van der Waals surface area contributed by atoms with E-state index in [1.807, 2.05) is 30.3 Å². The fraction of sp³-hybridized carbons (Fsp3) is 0.0556. The van der Waals surface area contributed by atoms with Crippen molar-refractivity contribution in [3.05, 3.63) is 74.8 Å². The Kier molecular flexibility index (Phi) is 5.63. The van der Waals surface area contributed by atoms with E-state index in [4.69, 9.17) is 11.6 Å². The molecule has 0 aliphatic rings. The molecule has 0 aliphatic carbocycles. The smallest absolute Gasteiger partial charge is 0.288 e. The molecule has 0 saturated carbocycles. The number of para-hydroxylation sites is 1. The summed E-state index contributed by atoms with van der Waals surface area (Å²) in [5, 5.41) is 28.0. The number of nitrogens with zero attached hydrogens (tertiary/aromatic N) is 4. The largest absolute Gasteiger partial charge is 0.304 e. The first-order valence-corrected chi connectivity index (χ1v) is 9.44. The maximum absolute atomic E-state index is 12.6. The number of hydrogen-bond donors (Lipinski definition) is 1. The zero-order chi connectivity index (χ0) is 20.3. The third kappa shape index (κ3) is 3.69. The molecule has 0 saturated heterocycles. The number of anilines is 1. The predicted molar refractivity (Wildman–Crippen MR) is 106 cm³/mol. The molecular formula is C18H12ClN5O3S. The van der Waals surface area contributed by atoms with Gasteiger partial charge in [-0.1, -0.05) is 29.8 Å². The molecule has 0 bridgehead atoms. The lowest BCUT2D eigenvalue weighted by molar-refractivity contribution is -0.384. The van der Waals surface area contributed by atoms with E-state index < -0.39 is 10.8 Å². The summed E-state index contributed by atoms with van der Waals surface area (Å²) in [6.45, 7) is 0. The number of nitro benzene ring substituents is 1. The van der Waals surface area contributed by atoms with Crippen LogP contribution in [0.5, 0.6) is 0 Å². The lowest BCUT2D eigenvalue weighted by atomic mass is 10.2. The van der Waals surface area contributed by atoms with Gasteiger partial charge in [0.1, 0.15) is 21.7 Å². The van der Waals surface area contributed by atoms with Crippen LogP contribution in [0.2, 0.25) is 5.02 Å². The highest BCUT2D eigenvalue weighted by atomic mass is 35.5. The van der Waals surface area contributed by atoms with Gasteiger partial charge < -0.3 is 5.32 Å². The van der Waals surface area contributed by atoms with Gasteiger partial charge in [-0.3, -0.25) is 14.9 Å². The number of carbonyl (C=O) groups is 1. The van der Waals surface area contributed by atoms with Gasteiger partial charge in [0.2, 0.25) is 0 Å². The average Bonchev–Trinajstić information content (AvgIpc) is 3.05. The quantitative estimate of drug-likeness (QED) is 0.379. The first kappa shape index (κ1) is 19.4. The highest BCUT2D eigenvalue weighted by molar-refractivity contribution is 7.98. The molecule has 0 atom stereocenters. The highest BCUT2D eigenvalue weighted by Gasteiger charge is 2.22. The molecule has 0 aliphatic heterocycles. The zero-order valence-corrected chi connectivity index (χ0v) is 16.0. The number of amides is 1.